The summed E-state index contributed by atoms with van der Waals surface area (Å²) in [4.78, 5) is 19.3. The van der Waals surface area contributed by atoms with Crippen LogP contribution in [0.3, 0.4) is 0 Å². The highest BCUT2D eigenvalue weighted by Crippen LogP contribution is 2.35. The SMILES string of the molecule is Cc1nc(C2CN(C(=O)C3CCOc4ccccc43)CCO2)n[nH]1. The molecule has 24 heavy (non-hydrogen) atoms. The van der Waals surface area contributed by atoms with E-state index in [1.807, 2.05) is 36.1 Å². The molecule has 7 heteroatoms. The molecule has 0 radical (unpaired) electrons. The molecule has 126 valence electrons. The second kappa shape index (κ2) is 6.24. The molecular formula is C17H20N4O3. The van der Waals surface area contributed by atoms with Crippen molar-refractivity contribution in [2.75, 3.05) is 26.3 Å². The van der Waals surface area contributed by atoms with Gasteiger partial charge in [-0.25, -0.2) is 4.98 Å². The van der Waals surface area contributed by atoms with Crippen molar-refractivity contribution in [3.8, 4) is 5.75 Å². The number of carbonyl (C=O) groups excluding carboxylic acids is 1. The number of hydrogen-bond acceptors (Lipinski definition) is 5. The summed E-state index contributed by atoms with van der Waals surface area (Å²) in [5, 5.41) is 6.99. The van der Waals surface area contributed by atoms with Crippen LogP contribution in [0.5, 0.6) is 5.75 Å². The molecule has 0 spiro atoms. The van der Waals surface area contributed by atoms with E-state index < -0.39 is 0 Å². The van der Waals surface area contributed by atoms with Gasteiger partial charge in [0.15, 0.2) is 5.82 Å². The van der Waals surface area contributed by atoms with Crippen LogP contribution in [0, 0.1) is 6.92 Å². The van der Waals surface area contributed by atoms with E-state index in [1.54, 1.807) is 0 Å². The molecule has 1 aromatic carbocycles. The number of aryl methyl sites for hydroxylation is 1. The van der Waals surface area contributed by atoms with Crippen LogP contribution in [0.25, 0.3) is 0 Å². The van der Waals surface area contributed by atoms with Crippen molar-refractivity contribution in [1.82, 2.24) is 20.1 Å². The number of amides is 1. The van der Waals surface area contributed by atoms with Gasteiger partial charge in [-0.3, -0.25) is 9.89 Å². The Bertz CT molecular complexity index is 745. The van der Waals surface area contributed by atoms with E-state index >= 15 is 0 Å². The fourth-order valence-electron chi connectivity index (χ4n) is 3.33. The van der Waals surface area contributed by atoms with E-state index in [0.717, 1.165) is 17.1 Å². The van der Waals surface area contributed by atoms with Crippen molar-refractivity contribution in [1.29, 1.82) is 0 Å². The van der Waals surface area contributed by atoms with Crippen LogP contribution in [-0.4, -0.2) is 52.3 Å². The van der Waals surface area contributed by atoms with Crippen LogP contribution in [0.2, 0.25) is 0 Å². The lowest BCUT2D eigenvalue weighted by Gasteiger charge is -2.35. The van der Waals surface area contributed by atoms with Crippen LogP contribution in [-0.2, 0) is 9.53 Å². The van der Waals surface area contributed by atoms with Crippen molar-refractivity contribution in [2.45, 2.75) is 25.4 Å². The first-order chi connectivity index (χ1) is 11.7. The average molecular weight is 328 g/mol. The maximum Gasteiger partial charge on any atom is 0.230 e. The van der Waals surface area contributed by atoms with Gasteiger partial charge in [0.1, 0.15) is 17.7 Å². The highest BCUT2D eigenvalue weighted by molar-refractivity contribution is 5.85. The van der Waals surface area contributed by atoms with Gasteiger partial charge in [-0.1, -0.05) is 18.2 Å². The van der Waals surface area contributed by atoms with E-state index in [-0.39, 0.29) is 17.9 Å². The van der Waals surface area contributed by atoms with Crippen molar-refractivity contribution in [2.24, 2.45) is 0 Å². The normalized spacial score (nSPS) is 23.5. The number of H-pyrrole nitrogens is 1. The van der Waals surface area contributed by atoms with Gasteiger partial charge in [0.25, 0.3) is 0 Å². The number of hydrogen-bond donors (Lipinski definition) is 1. The molecule has 2 unspecified atom stereocenters. The number of aromatic nitrogens is 3. The predicted octanol–water partition coefficient (Wildman–Crippen LogP) is 1.58. The van der Waals surface area contributed by atoms with E-state index in [9.17, 15) is 4.79 Å². The molecule has 1 amide bonds. The summed E-state index contributed by atoms with van der Waals surface area (Å²) in [6.45, 7) is 3.99. The zero-order valence-corrected chi connectivity index (χ0v) is 13.6. The minimum absolute atomic E-state index is 0.131. The molecule has 0 aliphatic carbocycles. The van der Waals surface area contributed by atoms with Crippen LogP contribution >= 0.6 is 0 Å². The largest absolute Gasteiger partial charge is 0.493 e. The Morgan fingerprint density at radius 3 is 3.04 bits per heavy atom. The lowest BCUT2D eigenvalue weighted by molar-refractivity contribution is -0.141. The fourth-order valence-corrected chi connectivity index (χ4v) is 3.33. The molecule has 2 aliphatic heterocycles. The van der Waals surface area contributed by atoms with Crippen molar-refractivity contribution in [3.05, 3.63) is 41.5 Å². The number of nitrogens with zero attached hydrogens (tertiary/aromatic N) is 3. The molecule has 1 saturated heterocycles. The Morgan fingerprint density at radius 1 is 1.33 bits per heavy atom. The third-order valence-corrected chi connectivity index (χ3v) is 4.54. The molecule has 3 heterocycles. The quantitative estimate of drug-likeness (QED) is 0.905. The number of benzene rings is 1. The number of rotatable bonds is 2. The predicted molar refractivity (Wildman–Crippen MR) is 85.7 cm³/mol. The first-order valence-electron chi connectivity index (χ1n) is 8.23. The Balaban J connectivity index is 1.52. The fraction of sp³-hybridized carbons (Fsp3) is 0.471. The number of nitrogens with one attached hydrogen (secondary N) is 1. The van der Waals surface area contributed by atoms with Gasteiger partial charge in [0.05, 0.1) is 25.7 Å². The number of para-hydroxylation sites is 1. The van der Waals surface area contributed by atoms with E-state index in [0.29, 0.717) is 38.5 Å². The van der Waals surface area contributed by atoms with Crippen LogP contribution in [0.4, 0.5) is 0 Å². The first-order valence-corrected chi connectivity index (χ1v) is 8.23. The van der Waals surface area contributed by atoms with Crippen LogP contribution in [0.1, 0.15) is 35.7 Å². The highest BCUT2D eigenvalue weighted by atomic mass is 16.5. The van der Waals surface area contributed by atoms with Gasteiger partial charge in [-0.15, -0.1) is 0 Å². The Morgan fingerprint density at radius 2 is 2.21 bits per heavy atom. The van der Waals surface area contributed by atoms with Crippen LogP contribution < -0.4 is 4.74 Å². The van der Waals surface area contributed by atoms with E-state index in [4.69, 9.17) is 9.47 Å². The molecular weight excluding hydrogens is 308 g/mol. The Hall–Kier alpha value is -2.41. The second-order valence-corrected chi connectivity index (χ2v) is 6.15. The minimum atomic E-state index is -0.275. The summed E-state index contributed by atoms with van der Waals surface area (Å²) in [7, 11) is 0. The Labute approximate surface area is 140 Å². The lowest BCUT2D eigenvalue weighted by atomic mass is 9.91. The van der Waals surface area contributed by atoms with E-state index in [1.165, 1.54) is 0 Å². The third-order valence-electron chi connectivity index (χ3n) is 4.54. The molecule has 2 atom stereocenters. The standard InChI is InChI=1S/C17H20N4O3/c1-11-18-16(20-19-11)15-10-21(7-9-24-15)17(22)13-6-8-23-14-5-3-2-4-12(13)14/h2-5,13,15H,6-10H2,1H3,(H,18,19,20). The summed E-state index contributed by atoms with van der Waals surface area (Å²) < 4.78 is 11.4. The monoisotopic (exact) mass is 328 g/mol. The third kappa shape index (κ3) is 2.75. The minimum Gasteiger partial charge on any atom is -0.493 e. The summed E-state index contributed by atoms with van der Waals surface area (Å²) >= 11 is 0. The summed E-state index contributed by atoms with van der Waals surface area (Å²) in [6, 6.07) is 7.79. The number of ether oxygens (including phenoxy) is 2. The molecule has 1 fully saturated rings. The molecule has 0 saturated carbocycles. The first kappa shape index (κ1) is 15.1. The maximum atomic E-state index is 13.1. The Kier molecular flexibility index (Phi) is 3.93. The number of morpholine rings is 1. The van der Waals surface area contributed by atoms with Gasteiger partial charge >= 0.3 is 0 Å². The van der Waals surface area contributed by atoms with Gasteiger partial charge in [0, 0.05) is 12.1 Å². The highest BCUT2D eigenvalue weighted by Gasteiger charge is 2.34. The number of aromatic amines is 1. The van der Waals surface area contributed by atoms with E-state index in [2.05, 4.69) is 15.2 Å². The molecule has 4 rings (SSSR count). The molecule has 0 bridgehead atoms. The van der Waals surface area contributed by atoms with Crippen molar-refractivity contribution >= 4 is 5.91 Å². The van der Waals surface area contributed by atoms with Gasteiger partial charge < -0.3 is 14.4 Å². The van der Waals surface area contributed by atoms with Crippen molar-refractivity contribution in [3.63, 3.8) is 0 Å². The van der Waals surface area contributed by atoms with Gasteiger partial charge in [0.2, 0.25) is 5.91 Å². The molecule has 1 N–H and O–H groups in total. The average Bonchev–Trinajstić information content (AvgIpc) is 3.07. The lowest BCUT2D eigenvalue weighted by Crippen LogP contribution is -2.45. The zero-order chi connectivity index (χ0) is 16.5. The number of carbonyl (C=O) groups is 1. The second-order valence-electron chi connectivity index (χ2n) is 6.15. The zero-order valence-electron chi connectivity index (χ0n) is 13.6. The molecule has 7 nitrogen and oxygen atoms in total. The van der Waals surface area contributed by atoms with Gasteiger partial charge in [-0.05, 0) is 19.4 Å². The van der Waals surface area contributed by atoms with Gasteiger partial charge in [-0.2, -0.15) is 5.10 Å². The maximum absolute atomic E-state index is 13.1. The molecule has 2 aromatic rings. The summed E-state index contributed by atoms with van der Waals surface area (Å²) in [5.74, 6) is 2.15. The number of fused-ring (bicyclic) bond motifs is 1. The topological polar surface area (TPSA) is 80.3 Å². The molecule has 2 aliphatic rings. The van der Waals surface area contributed by atoms with Crippen LogP contribution in [0.15, 0.2) is 24.3 Å². The van der Waals surface area contributed by atoms with Crippen molar-refractivity contribution < 1.29 is 14.3 Å². The summed E-state index contributed by atoms with van der Waals surface area (Å²) in [5.41, 5.74) is 0.977. The molecule has 1 aromatic heterocycles. The summed E-state index contributed by atoms with van der Waals surface area (Å²) in [6.07, 6.45) is 0.431. The smallest absolute Gasteiger partial charge is 0.230 e.